The van der Waals surface area contributed by atoms with E-state index in [9.17, 15) is 24.0 Å². The van der Waals surface area contributed by atoms with Gasteiger partial charge in [-0.2, -0.15) is 0 Å². The van der Waals surface area contributed by atoms with E-state index < -0.39 is 41.9 Å². The number of ether oxygens (including phenoxy) is 3. The monoisotopic (exact) mass is 553 g/mol. The maximum Gasteiger partial charge on any atom is 0.411 e. The summed E-state index contributed by atoms with van der Waals surface area (Å²) in [6.07, 6.45) is 0.590. The molecule has 11 nitrogen and oxygen atoms in total. The molecule has 2 aromatic carbocycles. The quantitative estimate of drug-likeness (QED) is 0.336. The number of nitrogens with one attached hydrogen (secondary N) is 2. The first-order chi connectivity index (χ1) is 19.1. The first kappa shape index (κ1) is 30.1. The third kappa shape index (κ3) is 8.29. The number of benzene rings is 2. The molecule has 1 saturated heterocycles. The molecule has 0 saturated carbocycles. The lowest BCUT2D eigenvalue weighted by Gasteiger charge is -2.27. The van der Waals surface area contributed by atoms with Gasteiger partial charge < -0.3 is 24.4 Å². The van der Waals surface area contributed by atoms with Crippen molar-refractivity contribution in [2.24, 2.45) is 5.92 Å². The molecular formula is C29H35N3O8. The number of esters is 2. The molecule has 1 aliphatic heterocycles. The summed E-state index contributed by atoms with van der Waals surface area (Å²) in [5.41, 5.74) is 1.03. The van der Waals surface area contributed by atoms with Crippen molar-refractivity contribution < 1.29 is 38.2 Å². The first-order valence-corrected chi connectivity index (χ1v) is 13.1. The van der Waals surface area contributed by atoms with Crippen LogP contribution in [-0.4, -0.2) is 60.5 Å². The molecule has 11 heteroatoms. The van der Waals surface area contributed by atoms with Crippen molar-refractivity contribution in [1.82, 2.24) is 10.2 Å². The Labute approximate surface area is 233 Å². The van der Waals surface area contributed by atoms with Crippen LogP contribution in [-0.2, 0) is 30.5 Å². The summed E-state index contributed by atoms with van der Waals surface area (Å²) in [6, 6.07) is 11.7. The van der Waals surface area contributed by atoms with Gasteiger partial charge in [-0.1, -0.05) is 44.2 Å². The lowest BCUT2D eigenvalue weighted by molar-refractivity contribution is -0.146. The zero-order valence-electron chi connectivity index (χ0n) is 23.1. The Bertz CT molecular complexity index is 1230. The molecule has 0 unspecified atom stereocenters. The number of amides is 3. The number of nitrogens with zero attached hydrogens (tertiary/aromatic N) is 1. The predicted octanol–water partition coefficient (Wildman–Crippen LogP) is 3.67. The van der Waals surface area contributed by atoms with Gasteiger partial charge in [0, 0.05) is 19.2 Å². The van der Waals surface area contributed by atoms with Gasteiger partial charge in [0.2, 0.25) is 5.91 Å². The highest BCUT2D eigenvalue weighted by Gasteiger charge is 2.37. The minimum atomic E-state index is -0.846. The average molecular weight is 554 g/mol. The van der Waals surface area contributed by atoms with E-state index in [-0.39, 0.29) is 36.1 Å². The van der Waals surface area contributed by atoms with E-state index in [0.717, 1.165) is 5.56 Å². The summed E-state index contributed by atoms with van der Waals surface area (Å²) in [5, 5.41) is 5.30. The summed E-state index contributed by atoms with van der Waals surface area (Å²) in [4.78, 5) is 64.6. The standard InChI is InChI=1S/C29H35N3O8/c1-18(2)15-23(28(36)38-4)31-26(34)24-11-8-14-32(24)27(35)22-16-21(12-13-25(22)40-19(3)33)30-29(37)39-17-20-9-6-5-7-10-20/h5-7,9-10,12-13,16,18,23-24H,8,11,14-15,17H2,1-4H3,(H,30,37)(H,31,34)/t23-,24-/m0/s1. The lowest BCUT2D eigenvalue weighted by atomic mass is 10.0. The molecule has 2 aromatic rings. The van der Waals surface area contributed by atoms with Crippen LogP contribution >= 0.6 is 0 Å². The molecule has 0 spiro atoms. The maximum absolute atomic E-state index is 13.7. The number of carbonyl (C=O) groups excluding carboxylic acids is 5. The number of hydrogen-bond acceptors (Lipinski definition) is 8. The number of likely N-dealkylation sites (tertiary alicyclic amines) is 1. The summed E-state index contributed by atoms with van der Waals surface area (Å²) in [7, 11) is 1.25. The number of hydrogen-bond donors (Lipinski definition) is 2. The Kier molecular flexibility index (Phi) is 10.6. The van der Waals surface area contributed by atoms with Gasteiger partial charge in [0.05, 0.1) is 12.7 Å². The Morgan fingerprint density at radius 2 is 1.77 bits per heavy atom. The Balaban J connectivity index is 1.78. The number of anilines is 1. The fourth-order valence-corrected chi connectivity index (χ4v) is 4.43. The molecule has 214 valence electrons. The van der Waals surface area contributed by atoms with E-state index in [1.165, 1.54) is 37.1 Å². The topological polar surface area (TPSA) is 140 Å². The van der Waals surface area contributed by atoms with Gasteiger partial charge in [0.1, 0.15) is 24.4 Å². The number of rotatable bonds is 10. The van der Waals surface area contributed by atoms with Crippen molar-refractivity contribution in [3.63, 3.8) is 0 Å². The summed E-state index contributed by atoms with van der Waals surface area (Å²) < 4.78 is 15.3. The molecule has 40 heavy (non-hydrogen) atoms. The Morgan fingerprint density at radius 3 is 2.42 bits per heavy atom. The molecule has 0 radical (unpaired) electrons. The maximum atomic E-state index is 13.7. The van der Waals surface area contributed by atoms with Gasteiger partial charge in [0.15, 0.2) is 0 Å². The van der Waals surface area contributed by atoms with Crippen LogP contribution in [0.2, 0.25) is 0 Å². The van der Waals surface area contributed by atoms with Crippen molar-refractivity contribution in [2.45, 2.75) is 58.7 Å². The average Bonchev–Trinajstić information content (AvgIpc) is 3.42. The van der Waals surface area contributed by atoms with E-state index in [1.807, 2.05) is 44.2 Å². The number of carbonyl (C=O) groups is 5. The fourth-order valence-electron chi connectivity index (χ4n) is 4.43. The highest BCUT2D eigenvalue weighted by atomic mass is 16.5. The highest BCUT2D eigenvalue weighted by Crippen LogP contribution is 2.28. The second-order valence-corrected chi connectivity index (χ2v) is 9.86. The van der Waals surface area contributed by atoms with E-state index in [2.05, 4.69) is 10.6 Å². The second kappa shape index (κ2) is 14.1. The minimum Gasteiger partial charge on any atom is -0.467 e. The zero-order valence-corrected chi connectivity index (χ0v) is 23.1. The molecule has 3 amide bonds. The van der Waals surface area contributed by atoms with Crippen molar-refractivity contribution in [1.29, 1.82) is 0 Å². The lowest BCUT2D eigenvalue weighted by Crippen LogP contribution is -2.51. The molecule has 0 aromatic heterocycles. The third-order valence-electron chi connectivity index (χ3n) is 6.25. The van der Waals surface area contributed by atoms with Crippen LogP contribution in [0.3, 0.4) is 0 Å². The van der Waals surface area contributed by atoms with Crippen LogP contribution < -0.4 is 15.4 Å². The van der Waals surface area contributed by atoms with E-state index >= 15 is 0 Å². The molecule has 1 heterocycles. The zero-order chi connectivity index (χ0) is 29.2. The van der Waals surface area contributed by atoms with Crippen molar-refractivity contribution in [2.75, 3.05) is 19.0 Å². The molecule has 0 aliphatic carbocycles. The highest BCUT2D eigenvalue weighted by molar-refractivity contribution is 6.02. The molecule has 2 atom stereocenters. The van der Waals surface area contributed by atoms with Gasteiger partial charge in [-0.05, 0) is 48.9 Å². The van der Waals surface area contributed by atoms with Crippen molar-refractivity contribution in [3.05, 3.63) is 59.7 Å². The van der Waals surface area contributed by atoms with Gasteiger partial charge in [0.25, 0.3) is 5.91 Å². The van der Waals surface area contributed by atoms with Gasteiger partial charge in [-0.3, -0.25) is 19.7 Å². The molecular weight excluding hydrogens is 518 g/mol. The van der Waals surface area contributed by atoms with Gasteiger partial charge >= 0.3 is 18.0 Å². The van der Waals surface area contributed by atoms with E-state index in [0.29, 0.717) is 19.3 Å². The largest absolute Gasteiger partial charge is 0.467 e. The van der Waals surface area contributed by atoms with E-state index in [1.54, 1.807) is 0 Å². The SMILES string of the molecule is COC(=O)[C@H](CC(C)C)NC(=O)[C@@H]1CCCN1C(=O)c1cc(NC(=O)OCc2ccccc2)ccc1OC(C)=O. The molecule has 3 rings (SSSR count). The normalized spacial score (nSPS) is 15.2. The first-order valence-electron chi connectivity index (χ1n) is 13.1. The fraction of sp³-hybridized carbons (Fsp3) is 0.414. The summed E-state index contributed by atoms with van der Waals surface area (Å²) >= 11 is 0. The van der Waals surface area contributed by atoms with Gasteiger partial charge in [-0.15, -0.1) is 0 Å². The Morgan fingerprint density at radius 1 is 1.05 bits per heavy atom. The van der Waals surface area contributed by atoms with E-state index in [4.69, 9.17) is 14.2 Å². The summed E-state index contributed by atoms with van der Waals surface area (Å²) in [5.74, 6) is -2.13. The number of methoxy groups -OCH3 is 1. The predicted molar refractivity (Wildman–Crippen MR) is 145 cm³/mol. The molecule has 0 bridgehead atoms. The van der Waals surface area contributed by atoms with Gasteiger partial charge in [-0.25, -0.2) is 9.59 Å². The van der Waals surface area contributed by atoms with Crippen molar-refractivity contribution in [3.8, 4) is 5.75 Å². The smallest absolute Gasteiger partial charge is 0.411 e. The molecule has 1 fully saturated rings. The van der Waals surface area contributed by atoms with Crippen molar-refractivity contribution >= 4 is 35.5 Å². The summed E-state index contributed by atoms with van der Waals surface area (Å²) in [6.45, 7) is 5.37. The third-order valence-corrected chi connectivity index (χ3v) is 6.25. The van der Waals surface area contributed by atoms with Crippen LogP contribution in [0.15, 0.2) is 48.5 Å². The Hall–Kier alpha value is -4.41. The van der Waals surface area contributed by atoms with Crippen LogP contribution in [0, 0.1) is 5.92 Å². The van der Waals surface area contributed by atoms with Crippen LogP contribution in [0.5, 0.6) is 5.75 Å². The second-order valence-electron chi connectivity index (χ2n) is 9.86. The molecule has 1 aliphatic rings. The molecule has 2 N–H and O–H groups in total. The van der Waals surface area contributed by atoms with Crippen LogP contribution in [0.1, 0.15) is 56.0 Å². The van der Waals surface area contributed by atoms with Crippen LogP contribution in [0.4, 0.5) is 10.5 Å². The minimum absolute atomic E-state index is 0.0116. The van der Waals surface area contributed by atoms with Crippen LogP contribution in [0.25, 0.3) is 0 Å².